The van der Waals surface area contributed by atoms with Crippen molar-refractivity contribution in [2.75, 3.05) is 0 Å². The average Bonchev–Trinajstić information content (AvgIpc) is 3.04. The SMILES string of the molecule is CC(C)(C)OC(=O)NCc1nc(-c2ccc(Cl)cc2)n(Cc2ccc(Br)cc2)n1. The molecule has 0 fully saturated rings. The summed E-state index contributed by atoms with van der Waals surface area (Å²) in [6, 6.07) is 15.4. The number of ether oxygens (including phenoxy) is 1. The number of hydrogen-bond acceptors (Lipinski definition) is 4. The van der Waals surface area contributed by atoms with Crippen molar-refractivity contribution in [1.29, 1.82) is 0 Å². The van der Waals surface area contributed by atoms with Gasteiger partial charge in [0.05, 0.1) is 13.1 Å². The second-order valence-electron chi connectivity index (χ2n) is 7.50. The van der Waals surface area contributed by atoms with Gasteiger partial charge in [0.2, 0.25) is 0 Å². The fraction of sp³-hybridized carbons (Fsp3) is 0.286. The lowest BCUT2D eigenvalue weighted by Crippen LogP contribution is -2.32. The first-order valence-electron chi connectivity index (χ1n) is 9.10. The zero-order chi connectivity index (χ0) is 21.0. The summed E-state index contributed by atoms with van der Waals surface area (Å²) in [4.78, 5) is 16.6. The van der Waals surface area contributed by atoms with E-state index in [-0.39, 0.29) is 6.54 Å². The fourth-order valence-corrected chi connectivity index (χ4v) is 3.01. The predicted molar refractivity (Wildman–Crippen MR) is 117 cm³/mol. The lowest BCUT2D eigenvalue weighted by molar-refractivity contribution is 0.0522. The van der Waals surface area contributed by atoms with Crippen LogP contribution in [-0.4, -0.2) is 26.5 Å². The van der Waals surface area contributed by atoms with Crippen molar-refractivity contribution in [1.82, 2.24) is 20.1 Å². The number of nitrogens with one attached hydrogen (secondary N) is 1. The summed E-state index contributed by atoms with van der Waals surface area (Å²) in [7, 11) is 0. The van der Waals surface area contributed by atoms with Crippen LogP contribution in [0.3, 0.4) is 0 Å². The quantitative estimate of drug-likeness (QED) is 0.532. The molecule has 3 aromatic rings. The van der Waals surface area contributed by atoms with Crippen LogP contribution < -0.4 is 5.32 Å². The number of hydrogen-bond donors (Lipinski definition) is 1. The molecule has 1 aromatic heterocycles. The van der Waals surface area contributed by atoms with Crippen molar-refractivity contribution < 1.29 is 9.53 Å². The molecule has 0 saturated heterocycles. The van der Waals surface area contributed by atoms with Crippen molar-refractivity contribution in [2.45, 2.75) is 39.5 Å². The Morgan fingerprint density at radius 2 is 1.79 bits per heavy atom. The fourth-order valence-electron chi connectivity index (χ4n) is 2.61. The molecule has 1 N–H and O–H groups in total. The maximum absolute atomic E-state index is 11.9. The average molecular weight is 478 g/mol. The molecule has 1 heterocycles. The van der Waals surface area contributed by atoms with Gasteiger partial charge in [-0.05, 0) is 62.7 Å². The van der Waals surface area contributed by atoms with Crippen molar-refractivity contribution in [3.05, 3.63) is 69.4 Å². The number of aromatic nitrogens is 3. The minimum atomic E-state index is -0.563. The van der Waals surface area contributed by atoms with Gasteiger partial charge in [-0.25, -0.2) is 14.5 Å². The van der Waals surface area contributed by atoms with Gasteiger partial charge in [0.15, 0.2) is 11.6 Å². The van der Waals surface area contributed by atoms with Crippen molar-refractivity contribution in [3.63, 3.8) is 0 Å². The summed E-state index contributed by atoms with van der Waals surface area (Å²) in [5.41, 5.74) is 1.41. The number of rotatable bonds is 5. The van der Waals surface area contributed by atoms with Crippen molar-refractivity contribution in [3.8, 4) is 11.4 Å². The number of carbonyl (C=O) groups excluding carboxylic acids is 1. The molecule has 3 rings (SSSR count). The van der Waals surface area contributed by atoms with E-state index in [0.717, 1.165) is 15.6 Å². The van der Waals surface area contributed by atoms with Crippen LogP contribution in [-0.2, 0) is 17.8 Å². The Bertz CT molecular complexity index is 979. The molecule has 152 valence electrons. The summed E-state index contributed by atoms with van der Waals surface area (Å²) in [6.07, 6.45) is -0.505. The van der Waals surface area contributed by atoms with E-state index in [4.69, 9.17) is 16.3 Å². The van der Waals surface area contributed by atoms with Gasteiger partial charge in [0, 0.05) is 15.1 Å². The van der Waals surface area contributed by atoms with Crippen LogP contribution >= 0.6 is 27.5 Å². The van der Waals surface area contributed by atoms with Crippen LogP contribution in [0, 0.1) is 0 Å². The lowest BCUT2D eigenvalue weighted by atomic mass is 10.2. The van der Waals surface area contributed by atoms with Crippen molar-refractivity contribution >= 4 is 33.6 Å². The topological polar surface area (TPSA) is 69.0 Å². The monoisotopic (exact) mass is 476 g/mol. The van der Waals surface area contributed by atoms with E-state index in [1.54, 1.807) is 0 Å². The minimum absolute atomic E-state index is 0.169. The number of benzene rings is 2. The maximum Gasteiger partial charge on any atom is 0.408 e. The highest BCUT2D eigenvalue weighted by Crippen LogP contribution is 2.21. The molecule has 0 radical (unpaired) electrons. The molecular formula is C21H22BrClN4O2. The zero-order valence-electron chi connectivity index (χ0n) is 16.4. The number of alkyl carbamates (subject to hydrolysis) is 1. The highest BCUT2D eigenvalue weighted by molar-refractivity contribution is 9.10. The Morgan fingerprint density at radius 1 is 1.14 bits per heavy atom. The van der Waals surface area contributed by atoms with Crippen LogP contribution in [0.4, 0.5) is 4.79 Å². The van der Waals surface area contributed by atoms with Crippen LogP contribution in [0.5, 0.6) is 0 Å². The van der Waals surface area contributed by atoms with Gasteiger partial charge in [0.1, 0.15) is 5.60 Å². The molecule has 6 nitrogen and oxygen atoms in total. The highest BCUT2D eigenvalue weighted by atomic mass is 79.9. The second kappa shape index (κ2) is 8.97. The third kappa shape index (κ3) is 6.30. The summed E-state index contributed by atoms with van der Waals surface area (Å²) >= 11 is 9.47. The van der Waals surface area contributed by atoms with Gasteiger partial charge < -0.3 is 10.1 Å². The van der Waals surface area contributed by atoms with E-state index in [9.17, 15) is 4.79 Å². The standard InChI is InChI=1S/C21H22BrClN4O2/c1-21(2,3)29-20(28)24-12-18-25-19(15-6-10-17(23)11-7-15)27(26-18)13-14-4-8-16(22)9-5-14/h4-11H,12-13H2,1-3H3,(H,24,28). The third-order valence-corrected chi connectivity index (χ3v) is 4.63. The minimum Gasteiger partial charge on any atom is -0.444 e. The molecule has 29 heavy (non-hydrogen) atoms. The number of nitrogens with zero attached hydrogens (tertiary/aromatic N) is 3. The number of halogens is 2. The summed E-state index contributed by atoms with van der Waals surface area (Å²) in [5.74, 6) is 1.20. The molecule has 0 aliphatic carbocycles. The lowest BCUT2D eigenvalue weighted by Gasteiger charge is -2.19. The Morgan fingerprint density at radius 3 is 2.41 bits per heavy atom. The highest BCUT2D eigenvalue weighted by Gasteiger charge is 2.18. The molecule has 0 unspecified atom stereocenters. The molecule has 0 aliphatic rings. The maximum atomic E-state index is 11.9. The number of amides is 1. The van der Waals surface area contributed by atoms with Crippen LogP contribution in [0.1, 0.15) is 32.2 Å². The van der Waals surface area contributed by atoms with Gasteiger partial charge in [-0.2, -0.15) is 5.10 Å². The largest absolute Gasteiger partial charge is 0.444 e. The molecule has 8 heteroatoms. The van der Waals surface area contributed by atoms with Crippen LogP contribution in [0.25, 0.3) is 11.4 Å². The molecule has 0 bridgehead atoms. The van der Waals surface area contributed by atoms with Crippen molar-refractivity contribution in [2.24, 2.45) is 0 Å². The molecule has 1 amide bonds. The normalized spacial score (nSPS) is 11.3. The Labute approximate surface area is 183 Å². The van der Waals surface area contributed by atoms with Gasteiger partial charge >= 0.3 is 6.09 Å². The van der Waals surface area contributed by atoms with Crippen LogP contribution in [0.2, 0.25) is 5.02 Å². The number of carbonyl (C=O) groups is 1. The summed E-state index contributed by atoms with van der Waals surface area (Å²) in [6.45, 7) is 6.16. The Hall–Kier alpha value is -2.38. The summed E-state index contributed by atoms with van der Waals surface area (Å²) in [5, 5.41) is 7.94. The van der Waals surface area contributed by atoms with E-state index in [1.807, 2.05) is 74.0 Å². The first kappa shape index (κ1) is 21.3. The molecule has 0 saturated carbocycles. The molecule has 0 atom stereocenters. The molecular weight excluding hydrogens is 456 g/mol. The second-order valence-corrected chi connectivity index (χ2v) is 8.85. The predicted octanol–water partition coefficient (Wildman–Crippen LogP) is 5.43. The van der Waals surface area contributed by atoms with E-state index < -0.39 is 11.7 Å². The first-order chi connectivity index (χ1) is 13.7. The van der Waals surface area contributed by atoms with Gasteiger partial charge in [-0.1, -0.05) is 39.7 Å². The van der Waals surface area contributed by atoms with E-state index in [0.29, 0.717) is 23.2 Å². The molecule has 2 aromatic carbocycles. The molecule has 0 spiro atoms. The summed E-state index contributed by atoms with van der Waals surface area (Å²) < 4.78 is 8.10. The van der Waals surface area contributed by atoms with Gasteiger partial charge in [0.25, 0.3) is 0 Å². The third-order valence-electron chi connectivity index (χ3n) is 3.85. The molecule has 0 aliphatic heterocycles. The Kier molecular flexibility index (Phi) is 6.59. The van der Waals surface area contributed by atoms with E-state index >= 15 is 0 Å². The first-order valence-corrected chi connectivity index (χ1v) is 10.3. The van der Waals surface area contributed by atoms with E-state index in [2.05, 4.69) is 31.3 Å². The van der Waals surface area contributed by atoms with Gasteiger partial charge in [-0.3, -0.25) is 0 Å². The zero-order valence-corrected chi connectivity index (χ0v) is 18.8. The Balaban J connectivity index is 1.83. The van der Waals surface area contributed by atoms with Gasteiger partial charge in [-0.15, -0.1) is 0 Å². The van der Waals surface area contributed by atoms with Crippen LogP contribution in [0.15, 0.2) is 53.0 Å². The smallest absolute Gasteiger partial charge is 0.408 e. The van der Waals surface area contributed by atoms with E-state index in [1.165, 1.54) is 0 Å².